The molecule has 0 saturated carbocycles. The molecule has 2 aromatic rings. The lowest BCUT2D eigenvalue weighted by molar-refractivity contribution is -0.129. The fourth-order valence-electron chi connectivity index (χ4n) is 2.64. The number of rotatable bonds is 6. The molecule has 7 nitrogen and oxygen atoms in total. The van der Waals surface area contributed by atoms with Crippen LogP contribution in [-0.4, -0.2) is 35.2 Å². The molecule has 2 aromatic carbocycles. The third kappa shape index (κ3) is 5.74. The van der Waals surface area contributed by atoms with Gasteiger partial charge in [-0.2, -0.15) is 0 Å². The molecule has 0 radical (unpaired) electrons. The summed E-state index contributed by atoms with van der Waals surface area (Å²) in [5.74, 6) is 0.910. The summed E-state index contributed by atoms with van der Waals surface area (Å²) in [6.45, 7) is 3.54. The van der Waals surface area contributed by atoms with E-state index in [1.807, 2.05) is 48.5 Å². The minimum absolute atomic E-state index is 0.235. The van der Waals surface area contributed by atoms with Crippen LogP contribution in [0.2, 0.25) is 0 Å². The van der Waals surface area contributed by atoms with Crippen LogP contribution in [0.4, 0.5) is 0 Å². The predicted octanol–water partition coefficient (Wildman–Crippen LogP) is 3.91. The summed E-state index contributed by atoms with van der Waals surface area (Å²) in [7, 11) is 0. The van der Waals surface area contributed by atoms with Crippen molar-refractivity contribution in [3.8, 4) is 11.5 Å². The van der Waals surface area contributed by atoms with E-state index >= 15 is 0 Å². The van der Waals surface area contributed by atoms with Crippen molar-refractivity contribution in [3.05, 3.63) is 58.6 Å². The summed E-state index contributed by atoms with van der Waals surface area (Å²) in [5, 5.41) is 8.13. The second-order valence-corrected chi connectivity index (χ2v) is 8.10. The second kappa shape index (κ2) is 9.80. The first-order valence-electron chi connectivity index (χ1n) is 8.87. The molecular weight excluding hydrogens is 458 g/mol. The number of hydrogen-bond donors (Lipinski definition) is 1. The Morgan fingerprint density at radius 2 is 1.86 bits per heavy atom. The summed E-state index contributed by atoms with van der Waals surface area (Å²) in [5.41, 5.74) is 0.767. The number of hydrogen-bond acceptors (Lipinski definition) is 6. The number of ether oxygens (including phenoxy) is 2. The monoisotopic (exact) mass is 477 g/mol. The molecule has 9 heteroatoms. The van der Waals surface area contributed by atoms with Crippen molar-refractivity contribution < 1.29 is 19.1 Å². The normalized spacial score (nSPS) is 15.6. The largest absolute Gasteiger partial charge is 0.490 e. The van der Waals surface area contributed by atoms with Gasteiger partial charge in [0.1, 0.15) is 30.1 Å². The molecule has 152 valence electrons. The van der Waals surface area contributed by atoms with Gasteiger partial charge in [0.25, 0.3) is 0 Å². The third-order valence-corrected chi connectivity index (χ3v) is 5.42. The molecular formula is C20H20BrN3O4S. The number of carbonyl (C=O) groups excluding carboxylic acids is 2. The van der Waals surface area contributed by atoms with Crippen molar-refractivity contribution in [2.24, 2.45) is 5.10 Å². The summed E-state index contributed by atoms with van der Waals surface area (Å²) in [6, 6.07) is 15.1. The molecule has 1 aliphatic heterocycles. The van der Waals surface area contributed by atoms with E-state index in [4.69, 9.17) is 9.47 Å². The van der Waals surface area contributed by atoms with Gasteiger partial charge in [0.2, 0.25) is 11.8 Å². The highest BCUT2D eigenvalue weighted by atomic mass is 79.9. The Labute approximate surface area is 181 Å². The number of nitrogens with zero attached hydrogens (tertiary/aromatic N) is 2. The highest BCUT2D eigenvalue weighted by Gasteiger charge is 2.34. The lowest BCUT2D eigenvalue weighted by Gasteiger charge is -2.22. The molecule has 1 N–H and O–H groups in total. The zero-order valence-electron chi connectivity index (χ0n) is 15.9. The van der Waals surface area contributed by atoms with Gasteiger partial charge in [-0.05, 0) is 30.3 Å². The van der Waals surface area contributed by atoms with Crippen LogP contribution in [0.1, 0.15) is 24.8 Å². The van der Waals surface area contributed by atoms with Crippen LogP contribution >= 0.6 is 27.7 Å². The smallest absolute Gasteiger partial charge is 0.241 e. The lowest BCUT2D eigenvalue weighted by Crippen LogP contribution is -2.25. The van der Waals surface area contributed by atoms with Crippen LogP contribution in [0, 0.1) is 0 Å². The lowest BCUT2D eigenvalue weighted by atomic mass is 10.2. The van der Waals surface area contributed by atoms with Gasteiger partial charge in [0.15, 0.2) is 5.17 Å². The molecule has 0 spiro atoms. The van der Waals surface area contributed by atoms with Crippen molar-refractivity contribution in [3.63, 3.8) is 0 Å². The van der Waals surface area contributed by atoms with Crippen LogP contribution in [0.3, 0.4) is 0 Å². The topological polar surface area (TPSA) is 80.2 Å². The van der Waals surface area contributed by atoms with Gasteiger partial charge in [0, 0.05) is 23.9 Å². The molecule has 0 aromatic heterocycles. The number of thioether (sulfide) groups is 1. The number of halogens is 1. The van der Waals surface area contributed by atoms with E-state index in [2.05, 4.69) is 26.3 Å². The summed E-state index contributed by atoms with van der Waals surface area (Å²) < 4.78 is 12.4. The molecule has 2 amide bonds. The number of amidine groups is 1. The summed E-state index contributed by atoms with van der Waals surface area (Å²) in [4.78, 5) is 23.5. The van der Waals surface area contributed by atoms with Gasteiger partial charge < -0.3 is 14.8 Å². The predicted molar refractivity (Wildman–Crippen MR) is 116 cm³/mol. The van der Waals surface area contributed by atoms with E-state index in [0.717, 1.165) is 15.8 Å². The van der Waals surface area contributed by atoms with Crippen molar-refractivity contribution in [2.45, 2.75) is 19.2 Å². The maximum atomic E-state index is 12.1. The van der Waals surface area contributed by atoms with Gasteiger partial charge in [-0.1, -0.05) is 45.9 Å². The first-order valence-corrected chi connectivity index (χ1v) is 10.5. The molecule has 1 atom stereocenters. The van der Waals surface area contributed by atoms with Crippen LogP contribution < -0.4 is 14.8 Å². The number of amides is 2. The van der Waals surface area contributed by atoms with Gasteiger partial charge in [-0.15, -0.1) is 5.10 Å². The fourth-order valence-corrected chi connectivity index (χ4v) is 4.17. The number of nitrogens with one attached hydrogen (secondary N) is 1. The number of hydrazone groups is 1. The molecule has 1 heterocycles. The zero-order valence-corrected chi connectivity index (χ0v) is 18.3. The minimum Gasteiger partial charge on any atom is -0.490 e. The fraction of sp³-hybridized carbons (Fsp3) is 0.250. The second-order valence-electron chi connectivity index (χ2n) is 6.11. The highest BCUT2D eigenvalue weighted by Crippen LogP contribution is 2.43. The quantitative estimate of drug-likeness (QED) is 0.637. The van der Waals surface area contributed by atoms with Gasteiger partial charge in [-0.25, -0.2) is 5.01 Å². The maximum absolute atomic E-state index is 12.1. The third-order valence-electron chi connectivity index (χ3n) is 3.84. The van der Waals surface area contributed by atoms with Crippen LogP contribution in [0.5, 0.6) is 11.5 Å². The SMILES string of the molecule is CC(=O)NC1=NN(C(C)=O)[C@H](c2cc(Br)ccc2OCCOc2ccccc2)S1. The Hall–Kier alpha value is -2.52. The molecule has 0 unspecified atom stereocenters. The van der Waals surface area contributed by atoms with Crippen molar-refractivity contribution in [2.75, 3.05) is 13.2 Å². The Morgan fingerprint density at radius 1 is 1.14 bits per heavy atom. The minimum atomic E-state index is -0.447. The Bertz CT molecular complexity index is 923. The van der Waals surface area contributed by atoms with Crippen LogP contribution in [0.25, 0.3) is 0 Å². The van der Waals surface area contributed by atoms with E-state index < -0.39 is 5.37 Å². The van der Waals surface area contributed by atoms with Crippen molar-refractivity contribution in [1.29, 1.82) is 0 Å². The molecule has 0 bridgehead atoms. The molecule has 29 heavy (non-hydrogen) atoms. The van der Waals surface area contributed by atoms with Gasteiger partial charge >= 0.3 is 0 Å². The van der Waals surface area contributed by atoms with Gasteiger partial charge in [-0.3, -0.25) is 9.59 Å². The standard InChI is InChI=1S/C20H20BrN3O4S/c1-13(25)22-20-23-24(14(2)26)19(29-20)17-12-15(21)8-9-18(17)28-11-10-27-16-6-4-3-5-7-16/h3-9,12,19H,10-11H2,1-2H3,(H,22,23,25)/t19-/m0/s1. The summed E-state index contributed by atoms with van der Waals surface area (Å²) in [6.07, 6.45) is 0. The Kier molecular flexibility index (Phi) is 7.16. The number of carbonyl (C=O) groups is 2. The maximum Gasteiger partial charge on any atom is 0.241 e. The van der Waals surface area contributed by atoms with Crippen molar-refractivity contribution in [1.82, 2.24) is 10.3 Å². The van der Waals surface area contributed by atoms with E-state index in [0.29, 0.717) is 24.1 Å². The first-order chi connectivity index (χ1) is 13.9. The average molecular weight is 478 g/mol. The Morgan fingerprint density at radius 3 is 2.55 bits per heavy atom. The zero-order chi connectivity index (χ0) is 20.8. The van der Waals surface area contributed by atoms with Crippen LogP contribution in [0.15, 0.2) is 58.1 Å². The molecule has 0 fully saturated rings. The molecule has 1 aliphatic rings. The summed E-state index contributed by atoms with van der Waals surface area (Å²) >= 11 is 4.75. The van der Waals surface area contributed by atoms with E-state index in [1.165, 1.54) is 30.6 Å². The van der Waals surface area contributed by atoms with Gasteiger partial charge in [0.05, 0.1) is 0 Å². The van der Waals surface area contributed by atoms with E-state index in [1.54, 1.807) is 0 Å². The first kappa shape index (κ1) is 21.2. The number of para-hydroxylation sites is 1. The van der Waals surface area contributed by atoms with Crippen molar-refractivity contribution >= 4 is 44.7 Å². The van der Waals surface area contributed by atoms with E-state index in [-0.39, 0.29) is 11.8 Å². The number of benzene rings is 2. The average Bonchev–Trinajstić information content (AvgIpc) is 3.10. The highest BCUT2D eigenvalue weighted by molar-refractivity contribution is 9.10. The van der Waals surface area contributed by atoms with Crippen LogP contribution in [-0.2, 0) is 9.59 Å². The molecule has 0 aliphatic carbocycles. The molecule has 0 saturated heterocycles. The Balaban J connectivity index is 1.72. The molecule has 3 rings (SSSR count). The van der Waals surface area contributed by atoms with E-state index in [9.17, 15) is 9.59 Å².